The van der Waals surface area contributed by atoms with E-state index in [-0.39, 0.29) is 0 Å². The summed E-state index contributed by atoms with van der Waals surface area (Å²) in [5, 5.41) is 11.8. The van der Waals surface area contributed by atoms with Crippen molar-refractivity contribution < 1.29 is 4.42 Å². The van der Waals surface area contributed by atoms with E-state index in [1.165, 1.54) is 59.8 Å². The van der Waals surface area contributed by atoms with Crippen LogP contribution >= 0.6 is 0 Å². The lowest BCUT2D eigenvalue weighted by Gasteiger charge is -2.27. The largest absolute Gasteiger partial charge is 0.453 e. The van der Waals surface area contributed by atoms with Crippen molar-refractivity contribution in [2.45, 2.75) is 0 Å². The molecule has 0 spiro atoms. The van der Waals surface area contributed by atoms with E-state index in [1.807, 2.05) is 0 Å². The van der Waals surface area contributed by atoms with Gasteiger partial charge in [-0.1, -0.05) is 164 Å². The van der Waals surface area contributed by atoms with Gasteiger partial charge in [0.05, 0.1) is 11.4 Å². The molecule has 11 aromatic rings. The summed E-state index contributed by atoms with van der Waals surface area (Å²) in [7, 11) is 0. The van der Waals surface area contributed by atoms with Gasteiger partial charge in [-0.15, -0.1) is 0 Å². The first kappa shape index (κ1) is 30.5. The molecule has 0 unspecified atom stereocenters. The molecule has 252 valence electrons. The molecule has 0 radical (unpaired) electrons. The van der Waals surface area contributed by atoms with Gasteiger partial charge in [0.25, 0.3) is 0 Å². The van der Waals surface area contributed by atoms with E-state index < -0.39 is 0 Å². The summed E-state index contributed by atoms with van der Waals surface area (Å²) in [6, 6.07) is 72.1. The van der Waals surface area contributed by atoms with Crippen LogP contribution < -0.4 is 4.90 Å². The molecule has 0 bridgehead atoms. The molecule has 0 N–H and O–H groups in total. The molecule has 0 amide bonds. The molecule has 10 aromatic carbocycles. The van der Waals surface area contributed by atoms with Crippen LogP contribution in [0.4, 0.5) is 17.1 Å². The van der Waals surface area contributed by atoms with Gasteiger partial charge in [-0.2, -0.15) is 0 Å². The molecule has 0 saturated heterocycles. The summed E-state index contributed by atoms with van der Waals surface area (Å²) < 4.78 is 7.33. The molecule has 0 fully saturated rings. The monoisotopic (exact) mass is 687 g/mol. The van der Waals surface area contributed by atoms with Crippen LogP contribution in [0.15, 0.2) is 205 Å². The average molecular weight is 688 g/mol. The maximum absolute atomic E-state index is 7.33. The highest BCUT2D eigenvalue weighted by Gasteiger charge is 2.24. The number of nitrogens with zero attached hydrogens (tertiary/aromatic N) is 1. The lowest BCUT2D eigenvalue weighted by atomic mass is 9.89. The van der Waals surface area contributed by atoms with Crippen LogP contribution in [-0.4, -0.2) is 0 Å². The second-order valence-electron chi connectivity index (χ2n) is 14.0. The average Bonchev–Trinajstić information content (AvgIpc) is 3.62. The fraction of sp³-hybridized carbons (Fsp3) is 0. The first-order chi connectivity index (χ1) is 26.8. The van der Waals surface area contributed by atoms with Crippen molar-refractivity contribution in [1.82, 2.24) is 0 Å². The zero-order chi connectivity index (χ0) is 35.6. The number of rotatable bonds is 5. The third kappa shape index (κ3) is 4.74. The molecule has 2 nitrogen and oxygen atoms in total. The van der Waals surface area contributed by atoms with Crippen LogP contribution in [0.1, 0.15) is 0 Å². The van der Waals surface area contributed by atoms with Gasteiger partial charge in [-0.05, 0) is 90.8 Å². The highest BCUT2D eigenvalue weighted by Crippen LogP contribution is 2.49. The van der Waals surface area contributed by atoms with Gasteiger partial charge in [0.2, 0.25) is 0 Å². The molecule has 2 heteroatoms. The maximum atomic E-state index is 7.33. The van der Waals surface area contributed by atoms with E-state index in [0.717, 1.165) is 44.6 Å². The minimum atomic E-state index is 0.856. The van der Waals surface area contributed by atoms with Crippen LogP contribution in [0, 0.1) is 0 Å². The van der Waals surface area contributed by atoms with E-state index >= 15 is 0 Å². The quantitative estimate of drug-likeness (QED) is 0.168. The van der Waals surface area contributed by atoms with Gasteiger partial charge in [0.1, 0.15) is 5.58 Å². The van der Waals surface area contributed by atoms with Crippen molar-refractivity contribution in [2.24, 2.45) is 0 Å². The van der Waals surface area contributed by atoms with Gasteiger partial charge < -0.3 is 9.32 Å². The zero-order valence-corrected chi connectivity index (χ0v) is 29.4. The molecule has 0 aliphatic heterocycles. The fourth-order valence-corrected chi connectivity index (χ4v) is 8.53. The van der Waals surface area contributed by atoms with E-state index in [1.54, 1.807) is 0 Å². The van der Waals surface area contributed by atoms with E-state index in [4.69, 9.17) is 4.42 Å². The molecule has 0 aliphatic rings. The molecule has 0 saturated carbocycles. The zero-order valence-electron chi connectivity index (χ0n) is 29.4. The third-order valence-electron chi connectivity index (χ3n) is 11.0. The van der Waals surface area contributed by atoms with Gasteiger partial charge >= 0.3 is 0 Å². The topological polar surface area (TPSA) is 16.4 Å². The number of fused-ring (bicyclic) bond motifs is 8. The molecule has 1 aromatic heterocycles. The predicted octanol–water partition coefficient (Wildman–Crippen LogP) is 15.0. The van der Waals surface area contributed by atoms with E-state index in [0.29, 0.717) is 0 Å². The highest BCUT2D eigenvalue weighted by molar-refractivity contribution is 6.24. The normalized spacial score (nSPS) is 11.7. The Hall–Kier alpha value is -7.16. The Balaban J connectivity index is 1.22. The second-order valence-corrected chi connectivity index (χ2v) is 14.0. The smallest absolute Gasteiger partial charge is 0.159 e. The number of hydrogen-bond donors (Lipinski definition) is 0. The van der Waals surface area contributed by atoms with Crippen molar-refractivity contribution in [2.75, 3.05) is 4.90 Å². The van der Waals surface area contributed by atoms with Crippen molar-refractivity contribution in [3.63, 3.8) is 0 Å². The summed E-state index contributed by atoms with van der Waals surface area (Å²) in [6.07, 6.45) is 0. The Morgan fingerprint density at radius 1 is 0.315 bits per heavy atom. The minimum Gasteiger partial charge on any atom is -0.453 e. The summed E-state index contributed by atoms with van der Waals surface area (Å²) >= 11 is 0. The Kier molecular flexibility index (Phi) is 6.90. The number of para-hydroxylation sites is 1. The summed E-state index contributed by atoms with van der Waals surface area (Å²) in [5.74, 6) is 0. The van der Waals surface area contributed by atoms with Crippen LogP contribution in [0.25, 0.3) is 87.3 Å². The first-order valence-electron chi connectivity index (χ1n) is 18.5. The Morgan fingerprint density at radius 2 is 0.870 bits per heavy atom. The highest BCUT2D eigenvalue weighted by atomic mass is 16.3. The van der Waals surface area contributed by atoms with Crippen molar-refractivity contribution >= 4 is 82.1 Å². The minimum absolute atomic E-state index is 0.856. The van der Waals surface area contributed by atoms with Gasteiger partial charge in [-0.3, -0.25) is 0 Å². The number of furan rings is 1. The molecule has 0 atom stereocenters. The lowest BCUT2D eigenvalue weighted by Crippen LogP contribution is -2.10. The number of anilines is 3. The standard InChI is InChI=1S/C52H33NO/c1-2-14-34(15-3-1)35-28-30-39(31-29-35)53(48-26-12-19-36-16-4-8-21-41(36)48)49-27-13-25-45-47-33-38-18-6-9-22-42(38)50(52(47)54-51(45)49)46-32-37-17-5-7-20-40(37)43-23-10-11-24-44(43)46/h1-33H. The van der Waals surface area contributed by atoms with E-state index in [9.17, 15) is 0 Å². The Labute approximate surface area is 312 Å². The number of benzene rings is 10. The van der Waals surface area contributed by atoms with Crippen LogP contribution in [0.5, 0.6) is 0 Å². The summed E-state index contributed by atoms with van der Waals surface area (Å²) in [4.78, 5) is 2.37. The molecule has 0 aliphatic carbocycles. The predicted molar refractivity (Wildman–Crippen MR) is 229 cm³/mol. The van der Waals surface area contributed by atoms with Crippen molar-refractivity contribution in [3.8, 4) is 22.3 Å². The summed E-state index contributed by atoms with van der Waals surface area (Å²) in [5.41, 5.74) is 9.57. The second kappa shape index (κ2) is 12.2. The number of hydrogen-bond acceptors (Lipinski definition) is 2. The van der Waals surface area contributed by atoms with Crippen LogP contribution in [0.2, 0.25) is 0 Å². The molecular weight excluding hydrogens is 655 g/mol. The van der Waals surface area contributed by atoms with Crippen LogP contribution in [0.3, 0.4) is 0 Å². The van der Waals surface area contributed by atoms with Gasteiger partial charge in [0.15, 0.2) is 5.58 Å². The fourth-order valence-electron chi connectivity index (χ4n) is 8.53. The van der Waals surface area contributed by atoms with Gasteiger partial charge in [-0.25, -0.2) is 0 Å². The van der Waals surface area contributed by atoms with Crippen molar-refractivity contribution in [1.29, 1.82) is 0 Å². The van der Waals surface area contributed by atoms with Gasteiger partial charge in [0, 0.05) is 27.4 Å². The Morgan fingerprint density at radius 3 is 1.67 bits per heavy atom. The van der Waals surface area contributed by atoms with Crippen LogP contribution in [-0.2, 0) is 0 Å². The first-order valence-corrected chi connectivity index (χ1v) is 18.5. The SMILES string of the molecule is c1ccc(-c2ccc(N(c3cccc4ccccc34)c3cccc4c3oc3c(-c5cc6ccccc6c6ccccc56)c5ccccc5cc34)cc2)cc1. The van der Waals surface area contributed by atoms with Crippen molar-refractivity contribution in [3.05, 3.63) is 200 Å². The molecule has 1 heterocycles. The molecular formula is C52H33NO. The molecule has 11 rings (SSSR count). The Bertz CT molecular complexity index is 3210. The van der Waals surface area contributed by atoms with E-state index in [2.05, 4.69) is 205 Å². The molecule has 54 heavy (non-hydrogen) atoms. The summed E-state index contributed by atoms with van der Waals surface area (Å²) in [6.45, 7) is 0. The third-order valence-corrected chi connectivity index (χ3v) is 11.0. The lowest BCUT2D eigenvalue weighted by molar-refractivity contribution is 0.670. The maximum Gasteiger partial charge on any atom is 0.159 e.